The van der Waals surface area contributed by atoms with Gasteiger partial charge in [0.2, 0.25) is 5.91 Å². The van der Waals surface area contributed by atoms with Crippen molar-refractivity contribution in [2.75, 3.05) is 36.5 Å². The van der Waals surface area contributed by atoms with Crippen molar-refractivity contribution in [1.82, 2.24) is 0 Å². The Morgan fingerprint density at radius 2 is 2.00 bits per heavy atom. The van der Waals surface area contributed by atoms with Gasteiger partial charge >= 0.3 is 0 Å². The Morgan fingerprint density at radius 1 is 1.25 bits per heavy atom. The fourth-order valence-corrected chi connectivity index (χ4v) is 2.94. The zero-order valence-corrected chi connectivity index (χ0v) is 14.7. The summed E-state index contributed by atoms with van der Waals surface area (Å²) in [6.07, 6.45) is 5.91. The summed E-state index contributed by atoms with van der Waals surface area (Å²) in [7, 11) is 0. The van der Waals surface area contributed by atoms with Gasteiger partial charge in [0.15, 0.2) is 0 Å². The molecule has 1 aromatic rings. The van der Waals surface area contributed by atoms with E-state index in [1.165, 1.54) is 12.8 Å². The molecule has 5 heteroatoms. The monoisotopic (exact) mass is 334 g/mol. The molecule has 5 nitrogen and oxygen atoms in total. The van der Waals surface area contributed by atoms with Gasteiger partial charge in [-0.1, -0.05) is 38.3 Å². The highest BCUT2D eigenvalue weighted by molar-refractivity contribution is 5.95. The molecule has 0 atom stereocenters. The quantitative estimate of drug-likeness (QED) is 0.681. The molecule has 0 bridgehead atoms. The van der Waals surface area contributed by atoms with Crippen LogP contribution in [0.3, 0.4) is 0 Å². The minimum Gasteiger partial charge on any atom is -0.393 e. The third-order valence-electron chi connectivity index (χ3n) is 4.36. The average molecular weight is 334 g/mol. The summed E-state index contributed by atoms with van der Waals surface area (Å²) >= 11 is 0. The summed E-state index contributed by atoms with van der Waals surface area (Å²) in [6.45, 7) is 4.52. The number of piperidine rings is 1. The van der Waals surface area contributed by atoms with E-state index >= 15 is 0 Å². The molecule has 0 spiro atoms. The van der Waals surface area contributed by atoms with Crippen molar-refractivity contribution in [3.05, 3.63) is 24.3 Å². The van der Waals surface area contributed by atoms with Gasteiger partial charge in [0.1, 0.15) is 6.61 Å². The van der Waals surface area contributed by atoms with Crippen LogP contribution in [0.2, 0.25) is 0 Å². The van der Waals surface area contributed by atoms with E-state index in [2.05, 4.69) is 17.1 Å². The van der Waals surface area contributed by atoms with E-state index in [-0.39, 0.29) is 18.6 Å². The van der Waals surface area contributed by atoms with Crippen molar-refractivity contribution in [2.24, 2.45) is 0 Å². The van der Waals surface area contributed by atoms with E-state index < -0.39 is 0 Å². The zero-order valence-electron chi connectivity index (χ0n) is 14.7. The first-order chi connectivity index (χ1) is 11.7. The van der Waals surface area contributed by atoms with Crippen LogP contribution in [-0.2, 0) is 9.53 Å². The number of amides is 1. The standard InChI is InChI=1S/C19H30N2O3/c1-2-3-4-7-14-24-15-19(23)20-17-8-5-6-9-18(17)21-12-10-16(22)11-13-21/h5-6,8-9,16,22H,2-4,7,10-15H2,1H3,(H,20,23). The topological polar surface area (TPSA) is 61.8 Å². The number of hydrogen-bond donors (Lipinski definition) is 2. The Kier molecular flexibility index (Phi) is 8.05. The molecule has 1 aliphatic heterocycles. The molecule has 1 aromatic carbocycles. The Labute approximate surface area is 145 Å². The van der Waals surface area contributed by atoms with Crippen LogP contribution in [0, 0.1) is 0 Å². The lowest BCUT2D eigenvalue weighted by Crippen LogP contribution is -2.36. The van der Waals surface area contributed by atoms with Gasteiger partial charge in [-0.2, -0.15) is 0 Å². The van der Waals surface area contributed by atoms with Gasteiger partial charge in [0, 0.05) is 19.7 Å². The number of anilines is 2. The third kappa shape index (κ3) is 6.13. The Hall–Kier alpha value is -1.59. The normalized spacial score (nSPS) is 15.5. The number of hydrogen-bond acceptors (Lipinski definition) is 4. The second-order valence-electron chi connectivity index (χ2n) is 6.40. The van der Waals surface area contributed by atoms with Crippen molar-refractivity contribution < 1.29 is 14.6 Å². The summed E-state index contributed by atoms with van der Waals surface area (Å²) in [4.78, 5) is 14.3. The minimum absolute atomic E-state index is 0.0964. The van der Waals surface area contributed by atoms with Gasteiger partial charge in [-0.05, 0) is 31.4 Å². The summed E-state index contributed by atoms with van der Waals surface area (Å²) < 4.78 is 5.45. The van der Waals surface area contributed by atoms with Gasteiger partial charge < -0.3 is 20.1 Å². The van der Waals surface area contributed by atoms with Crippen molar-refractivity contribution >= 4 is 17.3 Å². The largest absolute Gasteiger partial charge is 0.393 e. The molecule has 24 heavy (non-hydrogen) atoms. The van der Waals surface area contributed by atoms with Gasteiger partial charge in [-0.15, -0.1) is 0 Å². The number of ether oxygens (including phenoxy) is 1. The van der Waals surface area contributed by atoms with Crippen molar-refractivity contribution in [3.8, 4) is 0 Å². The number of nitrogens with zero attached hydrogens (tertiary/aromatic N) is 1. The minimum atomic E-state index is -0.205. The maximum absolute atomic E-state index is 12.1. The van der Waals surface area contributed by atoms with Crippen LogP contribution in [0.5, 0.6) is 0 Å². The van der Waals surface area contributed by atoms with Crippen LogP contribution >= 0.6 is 0 Å². The van der Waals surface area contributed by atoms with Crippen LogP contribution < -0.4 is 10.2 Å². The van der Waals surface area contributed by atoms with E-state index in [1.807, 2.05) is 24.3 Å². The summed E-state index contributed by atoms with van der Waals surface area (Å²) in [5.41, 5.74) is 1.83. The molecule has 1 fully saturated rings. The van der Waals surface area contributed by atoms with E-state index in [0.29, 0.717) is 6.61 Å². The fraction of sp³-hybridized carbons (Fsp3) is 0.632. The Bertz CT molecular complexity index is 499. The highest BCUT2D eigenvalue weighted by Gasteiger charge is 2.19. The highest BCUT2D eigenvalue weighted by Crippen LogP contribution is 2.28. The number of aliphatic hydroxyl groups excluding tert-OH is 1. The molecular weight excluding hydrogens is 304 g/mol. The van der Waals surface area contributed by atoms with Crippen LogP contribution in [0.1, 0.15) is 45.4 Å². The Morgan fingerprint density at radius 3 is 2.75 bits per heavy atom. The van der Waals surface area contributed by atoms with Crippen molar-refractivity contribution in [3.63, 3.8) is 0 Å². The van der Waals surface area contributed by atoms with Crippen LogP contribution in [0.15, 0.2) is 24.3 Å². The molecule has 0 saturated carbocycles. The highest BCUT2D eigenvalue weighted by atomic mass is 16.5. The molecule has 1 aliphatic rings. The maximum atomic E-state index is 12.1. The molecule has 2 N–H and O–H groups in total. The molecule has 0 aliphatic carbocycles. The number of carbonyl (C=O) groups is 1. The fourth-order valence-electron chi connectivity index (χ4n) is 2.94. The van der Waals surface area contributed by atoms with E-state index in [0.717, 1.165) is 50.1 Å². The van der Waals surface area contributed by atoms with Gasteiger partial charge in [-0.3, -0.25) is 4.79 Å². The van der Waals surface area contributed by atoms with Gasteiger partial charge in [0.05, 0.1) is 17.5 Å². The molecule has 0 unspecified atom stereocenters. The number of unbranched alkanes of at least 4 members (excludes halogenated alkanes) is 3. The van der Waals surface area contributed by atoms with Crippen molar-refractivity contribution in [1.29, 1.82) is 0 Å². The number of carbonyl (C=O) groups excluding carboxylic acids is 1. The van der Waals surface area contributed by atoms with Crippen LogP contribution in [0.25, 0.3) is 0 Å². The first-order valence-corrected chi connectivity index (χ1v) is 9.10. The SMILES string of the molecule is CCCCCCOCC(=O)Nc1ccccc1N1CCC(O)CC1. The molecule has 1 amide bonds. The molecule has 1 heterocycles. The number of benzene rings is 1. The second kappa shape index (κ2) is 10.3. The number of nitrogens with one attached hydrogen (secondary N) is 1. The molecule has 134 valence electrons. The number of rotatable bonds is 9. The summed E-state index contributed by atoms with van der Waals surface area (Å²) in [5.74, 6) is -0.116. The summed E-state index contributed by atoms with van der Waals surface area (Å²) in [6, 6.07) is 7.82. The maximum Gasteiger partial charge on any atom is 0.250 e. The third-order valence-corrected chi connectivity index (χ3v) is 4.36. The van der Waals surface area contributed by atoms with Gasteiger partial charge in [0.25, 0.3) is 0 Å². The van der Waals surface area contributed by atoms with Crippen molar-refractivity contribution in [2.45, 2.75) is 51.6 Å². The van der Waals surface area contributed by atoms with Gasteiger partial charge in [-0.25, -0.2) is 0 Å². The lowest BCUT2D eigenvalue weighted by molar-refractivity contribution is -0.120. The smallest absolute Gasteiger partial charge is 0.250 e. The van der Waals surface area contributed by atoms with E-state index in [1.54, 1.807) is 0 Å². The summed E-state index contributed by atoms with van der Waals surface area (Å²) in [5, 5.41) is 12.6. The number of aliphatic hydroxyl groups is 1. The van der Waals surface area contributed by atoms with Crippen LogP contribution in [-0.4, -0.2) is 43.4 Å². The van der Waals surface area contributed by atoms with Crippen LogP contribution in [0.4, 0.5) is 11.4 Å². The first-order valence-electron chi connectivity index (χ1n) is 9.10. The Balaban J connectivity index is 1.80. The second-order valence-corrected chi connectivity index (χ2v) is 6.40. The van der Waals surface area contributed by atoms with E-state index in [9.17, 15) is 9.90 Å². The number of para-hydroxylation sites is 2. The predicted octanol–water partition coefficient (Wildman–Crippen LogP) is 3.18. The predicted molar refractivity (Wildman–Crippen MR) is 97.5 cm³/mol. The lowest BCUT2D eigenvalue weighted by atomic mass is 10.1. The average Bonchev–Trinajstić information content (AvgIpc) is 2.59. The molecule has 0 aromatic heterocycles. The zero-order chi connectivity index (χ0) is 17.2. The molecule has 1 saturated heterocycles. The molecule has 0 radical (unpaired) electrons. The molecule has 2 rings (SSSR count). The van der Waals surface area contributed by atoms with E-state index in [4.69, 9.17) is 4.74 Å². The first kappa shape index (κ1) is 18.7. The molecular formula is C19H30N2O3. The lowest BCUT2D eigenvalue weighted by Gasteiger charge is -2.32.